The number of aromatic nitrogens is 1. The van der Waals surface area contributed by atoms with Crippen LogP contribution in [0.5, 0.6) is 0 Å². The minimum Gasteiger partial charge on any atom is -0.319 e. The van der Waals surface area contributed by atoms with E-state index in [0.29, 0.717) is 11.3 Å². The van der Waals surface area contributed by atoms with E-state index in [4.69, 9.17) is 16.9 Å². The highest BCUT2D eigenvalue weighted by Gasteiger charge is 2.49. The summed E-state index contributed by atoms with van der Waals surface area (Å²) in [7, 11) is 0. The number of rotatable bonds is 2. The van der Waals surface area contributed by atoms with Crippen molar-refractivity contribution in [3.63, 3.8) is 0 Å². The predicted octanol–water partition coefficient (Wildman–Crippen LogP) is 4.02. The van der Waals surface area contributed by atoms with Crippen molar-refractivity contribution in [3.8, 4) is 11.8 Å². The molecule has 0 N–H and O–H groups in total. The molecular weight excluding hydrogens is 310 g/mol. The molecule has 3 rings (SSSR count). The number of hydrogen-bond donors (Lipinski definition) is 0. The molecule has 1 aliphatic rings. The third kappa shape index (κ3) is 1.96. The molecule has 0 saturated heterocycles. The first kappa shape index (κ1) is 14.5. The largest absolute Gasteiger partial charge is 0.319 e. The molecule has 0 radical (unpaired) electrons. The molecule has 6 heteroatoms. The maximum Gasteiger partial charge on any atom is 0.315 e. The number of fused-ring (bicyclic) bond motifs is 1. The number of ketones is 1. The van der Waals surface area contributed by atoms with Gasteiger partial charge in [0.15, 0.2) is 0 Å². The van der Waals surface area contributed by atoms with Crippen LogP contribution in [0, 0.1) is 11.3 Å². The molecule has 0 spiro atoms. The van der Waals surface area contributed by atoms with Crippen LogP contribution in [0.2, 0.25) is 5.02 Å². The standard InChI is InChI=1S/C16H9ClF2N2O/c1-2-9-8-21(11-3-4-12(17)10(5-11)7-20)13-6-16(18,19)15(22)14(9)13/h2-5,8H,1,6H2. The molecule has 2 aromatic rings. The van der Waals surface area contributed by atoms with Gasteiger partial charge in [-0.1, -0.05) is 24.3 Å². The minimum atomic E-state index is -3.41. The summed E-state index contributed by atoms with van der Waals surface area (Å²) in [5.41, 5.74) is 1.30. The molecule has 0 amide bonds. The van der Waals surface area contributed by atoms with E-state index >= 15 is 0 Å². The van der Waals surface area contributed by atoms with Crippen molar-refractivity contribution >= 4 is 23.5 Å². The molecule has 1 aliphatic carbocycles. The quantitative estimate of drug-likeness (QED) is 0.839. The molecule has 0 bridgehead atoms. The number of halogens is 3. The zero-order valence-electron chi connectivity index (χ0n) is 11.2. The first-order valence-electron chi connectivity index (χ1n) is 6.38. The molecule has 3 nitrogen and oxygen atoms in total. The van der Waals surface area contributed by atoms with Crippen molar-refractivity contribution in [1.29, 1.82) is 5.26 Å². The maximum atomic E-state index is 13.7. The van der Waals surface area contributed by atoms with Gasteiger partial charge in [-0.2, -0.15) is 14.0 Å². The number of nitriles is 1. The summed E-state index contributed by atoms with van der Waals surface area (Å²) >= 11 is 5.88. The highest BCUT2D eigenvalue weighted by Crippen LogP contribution is 2.39. The van der Waals surface area contributed by atoms with Gasteiger partial charge in [0.2, 0.25) is 5.78 Å². The van der Waals surface area contributed by atoms with E-state index in [1.165, 1.54) is 22.8 Å². The van der Waals surface area contributed by atoms with Crippen LogP contribution in [0.4, 0.5) is 8.78 Å². The Balaban J connectivity index is 2.24. The van der Waals surface area contributed by atoms with E-state index in [1.54, 1.807) is 12.3 Å². The lowest BCUT2D eigenvalue weighted by Crippen LogP contribution is -2.24. The minimum absolute atomic E-state index is 0.00606. The number of alkyl halides is 2. The van der Waals surface area contributed by atoms with Crippen molar-refractivity contribution in [1.82, 2.24) is 4.57 Å². The highest BCUT2D eigenvalue weighted by atomic mass is 35.5. The molecule has 1 aromatic carbocycles. The molecule has 0 fully saturated rings. The number of benzene rings is 1. The second-order valence-electron chi connectivity index (χ2n) is 4.97. The van der Waals surface area contributed by atoms with Gasteiger partial charge >= 0.3 is 5.92 Å². The average Bonchev–Trinajstić information content (AvgIpc) is 2.95. The molecular formula is C16H9ClF2N2O. The average molecular weight is 319 g/mol. The Morgan fingerprint density at radius 3 is 2.82 bits per heavy atom. The Hall–Kier alpha value is -2.45. The van der Waals surface area contributed by atoms with E-state index < -0.39 is 18.1 Å². The van der Waals surface area contributed by atoms with Crippen LogP contribution in [-0.2, 0) is 6.42 Å². The number of nitrogens with zero attached hydrogens (tertiary/aromatic N) is 2. The van der Waals surface area contributed by atoms with Crippen LogP contribution in [0.25, 0.3) is 11.8 Å². The fourth-order valence-electron chi connectivity index (χ4n) is 2.61. The zero-order chi connectivity index (χ0) is 16.1. The van der Waals surface area contributed by atoms with Crippen molar-refractivity contribution < 1.29 is 13.6 Å². The lowest BCUT2D eigenvalue weighted by molar-refractivity contribution is 0.0162. The number of carbonyl (C=O) groups excluding carboxylic acids is 1. The van der Waals surface area contributed by atoms with Gasteiger partial charge in [0, 0.05) is 23.1 Å². The Labute approximate surface area is 130 Å². The van der Waals surface area contributed by atoms with E-state index in [1.807, 2.05) is 6.07 Å². The SMILES string of the molecule is C=Cc1cn(-c2ccc(Cl)c(C#N)c2)c2c1C(=O)C(F)(F)C2. The Kier molecular flexibility index (Phi) is 3.15. The zero-order valence-corrected chi connectivity index (χ0v) is 12.0. The van der Waals surface area contributed by atoms with Crippen LogP contribution < -0.4 is 0 Å². The van der Waals surface area contributed by atoms with Crippen LogP contribution in [0.1, 0.15) is 27.2 Å². The van der Waals surface area contributed by atoms with E-state index in [2.05, 4.69) is 6.58 Å². The molecule has 1 aromatic heterocycles. The molecule has 0 unspecified atom stereocenters. The summed E-state index contributed by atoms with van der Waals surface area (Å²) in [6.45, 7) is 3.56. The normalized spacial score (nSPS) is 15.5. The lowest BCUT2D eigenvalue weighted by atomic mass is 10.1. The van der Waals surface area contributed by atoms with Gasteiger partial charge in [-0.25, -0.2) is 0 Å². The van der Waals surface area contributed by atoms with Gasteiger partial charge in [-0.05, 0) is 18.2 Å². The molecule has 22 heavy (non-hydrogen) atoms. The smallest absolute Gasteiger partial charge is 0.315 e. The molecule has 110 valence electrons. The molecule has 0 atom stereocenters. The first-order valence-corrected chi connectivity index (χ1v) is 6.76. The predicted molar refractivity (Wildman–Crippen MR) is 78.6 cm³/mol. The maximum absolute atomic E-state index is 13.7. The van der Waals surface area contributed by atoms with Gasteiger partial charge in [-0.3, -0.25) is 4.79 Å². The van der Waals surface area contributed by atoms with Crippen molar-refractivity contribution in [3.05, 3.63) is 58.4 Å². The topological polar surface area (TPSA) is 45.8 Å². The first-order chi connectivity index (χ1) is 10.4. The highest BCUT2D eigenvalue weighted by molar-refractivity contribution is 6.31. The summed E-state index contributed by atoms with van der Waals surface area (Å²) in [6.07, 6.45) is 2.27. The second-order valence-corrected chi connectivity index (χ2v) is 5.37. The summed E-state index contributed by atoms with van der Waals surface area (Å²) in [5.74, 6) is -4.60. The monoisotopic (exact) mass is 318 g/mol. The van der Waals surface area contributed by atoms with E-state index in [9.17, 15) is 13.6 Å². The number of hydrogen-bond acceptors (Lipinski definition) is 2. The summed E-state index contributed by atoms with van der Waals surface area (Å²) in [5, 5.41) is 9.30. The number of Topliss-reactive ketones (excluding diaryl/α,β-unsaturated/α-hetero) is 1. The Morgan fingerprint density at radius 2 is 2.18 bits per heavy atom. The molecule has 0 aliphatic heterocycles. The third-order valence-corrected chi connectivity index (χ3v) is 3.98. The Morgan fingerprint density at radius 1 is 1.45 bits per heavy atom. The van der Waals surface area contributed by atoms with Gasteiger partial charge in [0.05, 0.1) is 22.6 Å². The van der Waals surface area contributed by atoms with Crippen molar-refractivity contribution in [2.24, 2.45) is 0 Å². The van der Waals surface area contributed by atoms with Crippen LogP contribution >= 0.6 is 11.6 Å². The summed E-state index contributed by atoms with van der Waals surface area (Å²) in [6, 6.07) is 6.56. The van der Waals surface area contributed by atoms with Gasteiger partial charge in [0.1, 0.15) is 6.07 Å². The van der Waals surface area contributed by atoms with Gasteiger partial charge in [-0.15, -0.1) is 0 Å². The summed E-state index contributed by atoms with van der Waals surface area (Å²) < 4.78 is 28.9. The third-order valence-electron chi connectivity index (χ3n) is 3.65. The van der Waals surface area contributed by atoms with Gasteiger partial charge < -0.3 is 4.57 Å². The second kappa shape index (κ2) is 4.79. The van der Waals surface area contributed by atoms with Crippen LogP contribution in [-0.4, -0.2) is 16.3 Å². The summed E-state index contributed by atoms with van der Waals surface area (Å²) in [4.78, 5) is 11.8. The van der Waals surface area contributed by atoms with Crippen molar-refractivity contribution in [2.45, 2.75) is 12.3 Å². The molecule has 0 saturated carbocycles. The fraction of sp³-hybridized carbons (Fsp3) is 0.125. The lowest BCUT2D eigenvalue weighted by Gasteiger charge is -2.10. The fourth-order valence-corrected chi connectivity index (χ4v) is 2.77. The molecule has 1 heterocycles. The van der Waals surface area contributed by atoms with Gasteiger partial charge in [0.25, 0.3) is 0 Å². The Bertz CT molecular complexity index is 862. The number of carbonyl (C=O) groups is 1. The van der Waals surface area contributed by atoms with E-state index in [0.717, 1.165) is 0 Å². The van der Waals surface area contributed by atoms with Crippen molar-refractivity contribution in [2.75, 3.05) is 0 Å². The van der Waals surface area contributed by atoms with Crippen LogP contribution in [0.15, 0.2) is 31.0 Å². The van der Waals surface area contributed by atoms with E-state index in [-0.39, 0.29) is 21.8 Å². The van der Waals surface area contributed by atoms with Crippen LogP contribution in [0.3, 0.4) is 0 Å².